The van der Waals surface area contributed by atoms with Gasteiger partial charge in [0.2, 0.25) is 0 Å². The highest BCUT2D eigenvalue weighted by molar-refractivity contribution is 7.89. The molecule has 1 aromatic heterocycles. The summed E-state index contributed by atoms with van der Waals surface area (Å²) in [5.41, 5.74) is -0.894. The summed E-state index contributed by atoms with van der Waals surface area (Å²) in [6.07, 6.45) is -3.09. The molecule has 0 unspecified atom stereocenters. The molecule has 1 rings (SSSR count). The molecule has 0 aromatic carbocycles. The van der Waals surface area contributed by atoms with Gasteiger partial charge in [0.05, 0.1) is 12.7 Å². The summed E-state index contributed by atoms with van der Waals surface area (Å²) in [4.78, 5) is 3.27. The van der Waals surface area contributed by atoms with Gasteiger partial charge in [-0.2, -0.15) is 0 Å². The van der Waals surface area contributed by atoms with E-state index in [2.05, 4.69) is 9.72 Å². The lowest BCUT2D eigenvalue weighted by atomic mass is 10.2. The molecule has 0 spiro atoms. The number of sulfonamides is 1. The number of hydrogen-bond donors (Lipinski definition) is 1. The van der Waals surface area contributed by atoms with Crippen molar-refractivity contribution in [2.45, 2.75) is 11.5 Å². The Bertz CT molecular complexity index is 507. The first kappa shape index (κ1) is 13.1. The highest BCUT2D eigenvalue weighted by Crippen LogP contribution is 2.34. The summed E-state index contributed by atoms with van der Waals surface area (Å²) in [7, 11) is -3.29. The molecule has 0 saturated heterocycles. The number of ether oxygens (including phenoxy) is 1. The smallest absolute Gasteiger partial charge is 0.270 e. The third kappa shape index (κ3) is 2.57. The van der Waals surface area contributed by atoms with Gasteiger partial charge in [-0.3, -0.25) is 0 Å². The van der Waals surface area contributed by atoms with Crippen molar-refractivity contribution < 1.29 is 21.9 Å². The monoisotopic (exact) mass is 272 g/mol. The van der Waals surface area contributed by atoms with Crippen LogP contribution in [0.25, 0.3) is 0 Å². The normalized spacial score (nSPS) is 11.9. The third-order valence-corrected chi connectivity index (χ3v) is 2.71. The van der Waals surface area contributed by atoms with Crippen LogP contribution in [0.4, 0.5) is 8.78 Å². The van der Waals surface area contributed by atoms with E-state index in [1.54, 1.807) is 0 Å². The van der Waals surface area contributed by atoms with Crippen LogP contribution in [0.1, 0.15) is 12.0 Å². The molecule has 0 bridgehead atoms. The fourth-order valence-corrected chi connectivity index (χ4v) is 2.02. The molecule has 0 aliphatic carbocycles. The Hall–Kier alpha value is -0.990. The topological polar surface area (TPSA) is 82.3 Å². The highest BCUT2D eigenvalue weighted by Gasteiger charge is 2.27. The van der Waals surface area contributed by atoms with E-state index in [1.165, 1.54) is 0 Å². The second-order valence-corrected chi connectivity index (χ2v) is 4.58. The number of methoxy groups -OCH3 is 1. The molecule has 16 heavy (non-hydrogen) atoms. The molecule has 0 fully saturated rings. The molecule has 2 N–H and O–H groups in total. The molecule has 1 aromatic rings. The standard InChI is InChI=1S/C7H7ClF2N2O3S/c1-15-3-2-4(8)12-7(16(11,13)14)5(3)6(9)10/h2,6H,1H3,(H2,11,13,14). The Kier molecular flexibility index (Phi) is 3.66. The van der Waals surface area contributed by atoms with Gasteiger partial charge in [-0.25, -0.2) is 27.3 Å². The summed E-state index contributed by atoms with van der Waals surface area (Å²) in [5.74, 6) is -0.376. The summed E-state index contributed by atoms with van der Waals surface area (Å²) < 4.78 is 52.0. The molecule has 0 amide bonds. The molecular formula is C7H7ClF2N2O3S. The van der Waals surface area contributed by atoms with Gasteiger partial charge >= 0.3 is 0 Å². The van der Waals surface area contributed by atoms with Crippen molar-refractivity contribution in [2.24, 2.45) is 5.14 Å². The van der Waals surface area contributed by atoms with E-state index in [9.17, 15) is 17.2 Å². The molecule has 90 valence electrons. The second-order valence-electron chi connectivity index (χ2n) is 2.71. The number of halogens is 3. The largest absolute Gasteiger partial charge is 0.496 e. The number of aromatic nitrogens is 1. The minimum absolute atomic E-state index is 0.301. The van der Waals surface area contributed by atoms with Crippen molar-refractivity contribution in [3.05, 3.63) is 16.8 Å². The van der Waals surface area contributed by atoms with Crippen LogP contribution in [0.2, 0.25) is 5.15 Å². The number of primary sulfonamides is 1. The van der Waals surface area contributed by atoms with Gasteiger partial charge in [-0.05, 0) is 0 Å². The number of nitrogens with zero attached hydrogens (tertiary/aromatic N) is 1. The highest BCUT2D eigenvalue weighted by atomic mass is 35.5. The van der Waals surface area contributed by atoms with Crippen LogP contribution in [-0.2, 0) is 10.0 Å². The van der Waals surface area contributed by atoms with Gasteiger partial charge < -0.3 is 4.74 Å². The van der Waals surface area contributed by atoms with Gasteiger partial charge in [0.15, 0.2) is 5.03 Å². The van der Waals surface area contributed by atoms with Crippen molar-refractivity contribution in [2.75, 3.05) is 7.11 Å². The predicted molar refractivity (Wildman–Crippen MR) is 52.1 cm³/mol. The number of pyridine rings is 1. The van der Waals surface area contributed by atoms with Gasteiger partial charge in [0.1, 0.15) is 10.9 Å². The van der Waals surface area contributed by atoms with Crippen molar-refractivity contribution in [3.63, 3.8) is 0 Å². The van der Waals surface area contributed by atoms with E-state index in [0.29, 0.717) is 0 Å². The summed E-state index contributed by atoms with van der Waals surface area (Å²) in [6, 6.07) is 0.984. The molecule has 1 heterocycles. The maximum absolute atomic E-state index is 12.7. The van der Waals surface area contributed by atoms with E-state index < -0.39 is 27.0 Å². The fourth-order valence-electron chi connectivity index (χ4n) is 1.07. The number of nitrogens with two attached hydrogens (primary N) is 1. The van der Waals surface area contributed by atoms with Crippen LogP contribution < -0.4 is 9.88 Å². The fraction of sp³-hybridized carbons (Fsp3) is 0.286. The lowest BCUT2D eigenvalue weighted by molar-refractivity contribution is 0.142. The van der Waals surface area contributed by atoms with Crippen molar-refractivity contribution in [1.82, 2.24) is 4.98 Å². The quantitative estimate of drug-likeness (QED) is 0.842. The Balaban J connectivity index is 3.64. The van der Waals surface area contributed by atoms with Crippen molar-refractivity contribution in [3.8, 4) is 5.75 Å². The molecule has 0 saturated carbocycles. The lowest BCUT2D eigenvalue weighted by Crippen LogP contribution is -2.17. The third-order valence-electron chi connectivity index (χ3n) is 1.66. The Morgan fingerprint density at radius 1 is 1.56 bits per heavy atom. The molecule has 0 radical (unpaired) electrons. The van der Waals surface area contributed by atoms with Gasteiger partial charge in [0, 0.05) is 6.07 Å². The van der Waals surface area contributed by atoms with Gasteiger partial charge in [0.25, 0.3) is 16.4 Å². The second kappa shape index (κ2) is 4.48. The van der Waals surface area contributed by atoms with Gasteiger partial charge in [-0.1, -0.05) is 11.6 Å². The predicted octanol–water partition coefficient (Wildman–Crippen LogP) is 1.33. The summed E-state index contributed by atoms with van der Waals surface area (Å²) in [6.45, 7) is 0. The average Bonchev–Trinajstić information content (AvgIpc) is 2.14. The molecule has 9 heteroatoms. The maximum atomic E-state index is 12.7. The maximum Gasteiger partial charge on any atom is 0.270 e. The van der Waals surface area contributed by atoms with Crippen LogP contribution in [-0.4, -0.2) is 20.5 Å². The molecule has 0 aliphatic heterocycles. The zero-order valence-electron chi connectivity index (χ0n) is 7.95. The van der Waals surface area contributed by atoms with E-state index in [1.807, 2.05) is 0 Å². The lowest BCUT2D eigenvalue weighted by Gasteiger charge is -2.11. The molecule has 5 nitrogen and oxygen atoms in total. The zero-order valence-corrected chi connectivity index (χ0v) is 9.52. The molecule has 0 atom stereocenters. The summed E-state index contributed by atoms with van der Waals surface area (Å²) in [5, 5.41) is 3.47. The van der Waals surface area contributed by atoms with Crippen LogP contribution in [0.3, 0.4) is 0 Å². The first-order valence-corrected chi connectivity index (χ1v) is 5.75. The Morgan fingerprint density at radius 3 is 2.50 bits per heavy atom. The molecular weight excluding hydrogens is 266 g/mol. The SMILES string of the molecule is COc1cc(Cl)nc(S(N)(=O)=O)c1C(F)F. The van der Waals surface area contributed by atoms with Crippen molar-refractivity contribution >= 4 is 21.6 Å². The minimum Gasteiger partial charge on any atom is -0.496 e. The van der Waals surface area contributed by atoms with Crippen LogP contribution in [0, 0.1) is 0 Å². The zero-order chi connectivity index (χ0) is 12.5. The van der Waals surface area contributed by atoms with Gasteiger partial charge in [-0.15, -0.1) is 0 Å². The number of rotatable bonds is 3. The van der Waals surface area contributed by atoms with Crippen LogP contribution in [0.15, 0.2) is 11.1 Å². The van der Waals surface area contributed by atoms with E-state index in [-0.39, 0.29) is 10.9 Å². The molecule has 0 aliphatic rings. The summed E-state index contributed by atoms with van der Waals surface area (Å²) >= 11 is 5.46. The van der Waals surface area contributed by atoms with E-state index in [0.717, 1.165) is 13.2 Å². The van der Waals surface area contributed by atoms with E-state index >= 15 is 0 Å². The minimum atomic E-state index is -4.39. The average molecular weight is 273 g/mol. The first-order chi connectivity index (χ1) is 7.27. The van der Waals surface area contributed by atoms with E-state index in [4.69, 9.17) is 16.7 Å². The van der Waals surface area contributed by atoms with Crippen molar-refractivity contribution in [1.29, 1.82) is 0 Å². The Morgan fingerprint density at radius 2 is 2.12 bits per heavy atom. The first-order valence-electron chi connectivity index (χ1n) is 3.82. The Labute approximate surface area is 95.2 Å². The number of hydrogen-bond acceptors (Lipinski definition) is 4. The van der Waals surface area contributed by atoms with Crippen LogP contribution >= 0.6 is 11.6 Å². The number of alkyl halides is 2. The van der Waals surface area contributed by atoms with Crippen LogP contribution in [0.5, 0.6) is 5.75 Å².